The lowest BCUT2D eigenvalue weighted by Gasteiger charge is -1.88. The van der Waals surface area contributed by atoms with E-state index in [0.717, 1.165) is 9.40 Å². The van der Waals surface area contributed by atoms with Crippen LogP contribution in [0.5, 0.6) is 0 Å². The Kier molecular flexibility index (Phi) is 2.00. The number of hydrogen-bond acceptors (Lipinski definition) is 4. The van der Waals surface area contributed by atoms with Crippen LogP contribution < -0.4 is 5.32 Å². The molecule has 0 unspecified atom stereocenters. The molecule has 13 heavy (non-hydrogen) atoms. The normalized spacial score (nSPS) is 9.77. The summed E-state index contributed by atoms with van der Waals surface area (Å²) in [5.41, 5.74) is 0. The predicted octanol–water partition coefficient (Wildman–Crippen LogP) is 2.17. The topological polar surface area (TPSA) is 52.9 Å². The van der Waals surface area contributed by atoms with Crippen LogP contribution in [0.4, 0.5) is 0 Å². The van der Waals surface area contributed by atoms with Gasteiger partial charge in [-0.05, 0) is 17.5 Å². The first-order valence-electron chi connectivity index (χ1n) is 3.48. The van der Waals surface area contributed by atoms with Gasteiger partial charge in [0, 0.05) is 9.40 Å². The quantitative estimate of drug-likeness (QED) is 0.576. The molecule has 2 aromatic rings. The maximum absolute atomic E-state index is 11.2. The van der Waals surface area contributed by atoms with Gasteiger partial charge in [-0.3, -0.25) is 10.1 Å². The van der Waals surface area contributed by atoms with Crippen LogP contribution in [0.15, 0.2) is 17.5 Å². The first-order chi connectivity index (χ1) is 6.31. The Labute approximate surface area is 82.2 Å². The van der Waals surface area contributed by atoms with E-state index in [9.17, 15) is 4.79 Å². The van der Waals surface area contributed by atoms with E-state index in [1.165, 1.54) is 11.3 Å². The van der Waals surface area contributed by atoms with Crippen LogP contribution in [0.1, 0.15) is 9.67 Å². The first kappa shape index (κ1) is 8.23. The summed E-state index contributed by atoms with van der Waals surface area (Å²) in [6, 6.07) is 3.77. The number of carbonyl (C=O) groups excluding carboxylic acids is 1. The first-order valence-corrected chi connectivity index (χ1v) is 5.17. The molecule has 2 aromatic heterocycles. The minimum atomic E-state index is -0.323. The highest BCUT2D eigenvalue weighted by atomic mass is 32.1. The van der Waals surface area contributed by atoms with E-state index < -0.39 is 0 Å². The lowest BCUT2D eigenvalue weighted by atomic mass is 10.4. The second-order valence-electron chi connectivity index (χ2n) is 2.33. The summed E-state index contributed by atoms with van der Waals surface area (Å²) >= 11 is 2.99. The van der Waals surface area contributed by atoms with Crippen LogP contribution in [-0.4, -0.2) is 5.91 Å². The van der Waals surface area contributed by atoms with Crippen molar-refractivity contribution in [3.05, 3.63) is 22.4 Å². The van der Waals surface area contributed by atoms with Crippen molar-refractivity contribution in [3.63, 3.8) is 0 Å². The van der Waals surface area contributed by atoms with Gasteiger partial charge >= 0.3 is 0 Å². The number of carbonyl (C=O) groups is 1. The SMILES string of the molecule is N#CNC(=O)c1cc2sccc2s1. The van der Waals surface area contributed by atoms with E-state index in [0.29, 0.717) is 4.88 Å². The Morgan fingerprint density at radius 2 is 2.38 bits per heavy atom. The zero-order valence-corrected chi connectivity index (χ0v) is 8.04. The molecule has 5 heteroatoms. The van der Waals surface area contributed by atoms with Crippen LogP contribution in [0.25, 0.3) is 9.40 Å². The molecule has 2 heterocycles. The largest absolute Gasteiger partial charge is 0.274 e. The van der Waals surface area contributed by atoms with Gasteiger partial charge in [-0.25, -0.2) is 0 Å². The van der Waals surface area contributed by atoms with Gasteiger partial charge in [0.15, 0.2) is 6.19 Å². The second kappa shape index (κ2) is 3.17. The number of hydrogen-bond donors (Lipinski definition) is 1. The second-order valence-corrected chi connectivity index (χ2v) is 4.36. The van der Waals surface area contributed by atoms with Crippen molar-refractivity contribution < 1.29 is 4.79 Å². The molecule has 0 fully saturated rings. The zero-order valence-electron chi connectivity index (χ0n) is 6.40. The Morgan fingerprint density at radius 1 is 1.54 bits per heavy atom. The zero-order chi connectivity index (χ0) is 9.26. The number of fused-ring (bicyclic) bond motifs is 1. The van der Waals surface area contributed by atoms with Gasteiger partial charge in [-0.15, -0.1) is 22.7 Å². The summed E-state index contributed by atoms with van der Waals surface area (Å²) in [5.74, 6) is -0.323. The van der Waals surface area contributed by atoms with Crippen molar-refractivity contribution in [2.75, 3.05) is 0 Å². The van der Waals surface area contributed by atoms with Gasteiger partial charge in [0.05, 0.1) is 4.88 Å². The van der Waals surface area contributed by atoms with Crippen LogP contribution in [0.3, 0.4) is 0 Å². The number of thiophene rings is 2. The smallest absolute Gasteiger partial charge is 0.267 e. The van der Waals surface area contributed by atoms with Crippen molar-refractivity contribution in [1.29, 1.82) is 5.26 Å². The molecule has 0 spiro atoms. The predicted molar refractivity (Wildman–Crippen MR) is 52.8 cm³/mol. The fourth-order valence-electron chi connectivity index (χ4n) is 0.990. The van der Waals surface area contributed by atoms with Gasteiger partial charge in [-0.2, -0.15) is 5.26 Å². The summed E-state index contributed by atoms with van der Waals surface area (Å²) in [6.45, 7) is 0. The Balaban J connectivity index is 2.40. The van der Waals surface area contributed by atoms with Gasteiger partial charge < -0.3 is 0 Å². The van der Waals surface area contributed by atoms with Crippen LogP contribution in [0, 0.1) is 11.5 Å². The molecular weight excluding hydrogens is 204 g/mol. The van der Waals surface area contributed by atoms with Crippen LogP contribution >= 0.6 is 22.7 Å². The molecule has 0 aliphatic rings. The van der Waals surface area contributed by atoms with E-state index >= 15 is 0 Å². The third-order valence-electron chi connectivity index (χ3n) is 1.53. The number of rotatable bonds is 1. The Bertz CT molecular complexity index is 463. The number of nitriles is 1. The van der Waals surface area contributed by atoms with Crippen LogP contribution in [0.2, 0.25) is 0 Å². The van der Waals surface area contributed by atoms with Crippen molar-refractivity contribution in [1.82, 2.24) is 5.32 Å². The van der Waals surface area contributed by atoms with Crippen molar-refractivity contribution in [3.8, 4) is 6.19 Å². The molecular formula is C8H4N2OS2. The maximum Gasteiger partial charge on any atom is 0.274 e. The lowest BCUT2D eigenvalue weighted by Crippen LogP contribution is -2.15. The molecule has 0 bridgehead atoms. The highest BCUT2D eigenvalue weighted by Crippen LogP contribution is 2.29. The van der Waals surface area contributed by atoms with E-state index in [-0.39, 0.29) is 5.91 Å². The average Bonchev–Trinajstić information content (AvgIpc) is 2.61. The molecule has 1 amide bonds. The molecule has 64 valence electrons. The Hall–Kier alpha value is -1.38. The van der Waals surface area contributed by atoms with E-state index in [2.05, 4.69) is 5.32 Å². The standard InChI is InChI=1S/C8H4N2OS2/c9-4-10-8(11)7-3-6-5(13-7)1-2-12-6/h1-3H,(H,10,11). The van der Waals surface area contributed by atoms with Crippen molar-refractivity contribution >= 4 is 38.0 Å². The molecule has 1 N–H and O–H groups in total. The third-order valence-corrected chi connectivity index (χ3v) is 3.62. The molecule has 0 aromatic carbocycles. The molecule has 0 radical (unpaired) electrons. The summed E-state index contributed by atoms with van der Waals surface area (Å²) in [4.78, 5) is 11.8. The highest BCUT2D eigenvalue weighted by Gasteiger charge is 2.09. The minimum Gasteiger partial charge on any atom is -0.267 e. The maximum atomic E-state index is 11.2. The van der Waals surface area contributed by atoms with Gasteiger partial charge in [0.2, 0.25) is 0 Å². The van der Waals surface area contributed by atoms with E-state index in [1.807, 2.05) is 11.4 Å². The minimum absolute atomic E-state index is 0.323. The van der Waals surface area contributed by atoms with Crippen molar-refractivity contribution in [2.24, 2.45) is 0 Å². The van der Waals surface area contributed by atoms with Crippen molar-refractivity contribution in [2.45, 2.75) is 0 Å². The third kappa shape index (κ3) is 1.41. The molecule has 0 aliphatic heterocycles. The summed E-state index contributed by atoms with van der Waals surface area (Å²) in [5, 5.41) is 12.3. The molecule has 0 aliphatic carbocycles. The molecule has 0 saturated carbocycles. The molecule has 0 atom stereocenters. The van der Waals surface area contributed by atoms with Gasteiger partial charge in [-0.1, -0.05) is 0 Å². The van der Waals surface area contributed by atoms with Gasteiger partial charge in [0.1, 0.15) is 0 Å². The van der Waals surface area contributed by atoms with E-state index in [4.69, 9.17) is 5.26 Å². The van der Waals surface area contributed by atoms with E-state index in [1.54, 1.807) is 23.6 Å². The summed E-state index contributed by atoms with van der Waals surface area (Å²) in [7, 11) is 0. The monoisotopic (exact) mass is 208 g/mol. The molecule has 0 saturated heterocycles. The summed E-state index contributed by atoms with van der Waals surface area (Å²) < 4.78 is 2.18. The van der Waals surface area contributed by atoms with Gasteiger partial charge in [0.25, 0.3) is 5.91 Å². The lowest BCUT2D eigenvalue weighted by molar-refractivity contribution is 0.0977. The fourth-order valence-corrected chi connectivity index (χ4v) is 2.99. The highest BCUT2D eigenvalue weighted by molar-refractivity contribution is 7.27. The fraction of sp³-hybridized carbons (Fsp3) is 0. The molecule has 3 nitrogen and oxygen atoms in total. The molecule has 2 rings (SSSR count). The van der Waals surface area contributed by atoms with Crippen LogP contribution in [-0.2, 0) is 0 Å². The number of nitrogens with zero attached hydrogens (tertiary/aromatic N) is 1. The Morgan fingerprint density at radius 3 is 3.08 bits per heavy atom. The summed E-state index contributed by atoms with van der Waals surface area (Å²) in [6.07, 6.45) is 1.61. The number of amides is 1. The number of nitrogens with one attached hydrogen (secondary N) is 1. The average molecular weight is 208 g/mol.